The van der Waals surface area contributed by atoms with E-state index in [1.165, 1.54) is 11.0 Å². The number of amides is 1. The lowest BCUT2D eigenvalue weighted by Crippen LogP contribution is -2.34. The van der Waals surface area contributed by atoms with Crippen LogP contribution in [0.15, 0.2) is 6.33 Å². The summed E-state index contributed by atoms with van der Waals surface area (Å²) < 4.78 is 6.36. The van der Waals surface area contributed by atoms with E-state index < -0.39 is 0 Å². The van der Waals surface area contributed by atoms with Crippen LogP contribution in [0.4, 0.5) is 5.95 Å². The third-order valence-corrected chi connectivity index (χ3v) is 1.85. The lowest BCUT2D eigenvalue weighted by Gasteiger charge is -2.10. The molecule has 0 saturated heterocycles. The Morgan fingerprint density at radius 1 is 1.80 bits per heavy atom. The highest BCUT2D eigenvalue weighted by Gasteiger charge is 2.06. The molecule has 0 saturated carbocycles. The van der Waals surface area contributed by atoms with E-state index in [0.717, 1.165) is 0 Å². The van der Waals surface area contributed by atoms with E-state index in [4.69, 9.17) is 10.5 Å². The Bertz CT molecular complexity index is 325. The zero-order valence-electron chi connectivity index (χ0n) is 8.80. The van der Waals surface area contributed by atoms with Crippen LogP contribution < -0.4 is 11.1 Å². The summed E-state index contributed by atoms with van der Waals surface area (Å²) in [7, 11) is 1.59. The number of carbonyl (C=O) groups excluding carboxylic acids is 1. The molecule has 1 heterocycles. The fraction of sp³-hybridized carbons (Fsp3) is 0.625. The fourth-order valence-corrected chi connectivity index (χ4v) is 0.929. The summed E-state index contributed by atoms with van der Waals surface area (Å²) in [5.41, 5.74) is 5.30. The summed E-state index contributed by atoms with van der Waals surface area (Å²) in [4.78, 5) is 15.1. The summed E-state index contributed by atoms with van der Waals surface area (Å²) in [5, 5.41) is 6.49. The van der Waals surface area contributed by atoms with E-state index in [1.54, 1.807) is 7.11 Å². The largest absolute Gasteiger partial charge is 0.380 e. The highest BCUT2D eigenvalue weighted by atomic mass is 16.5. The van der Waals surface area contributed by atoms with Gasteiger partial charge in [-0.05, 0) is 6.92 Å². The maximum absolute atomic E-state index is 11.3. The van der Waals surface area contributed by atoms with Gasteiger partial charge in [0.1, 0.15) is 12.9 Å². The highest BCUT2D eigenvalue weighted by molar-refractivity contribution is 5.75. The molecule has 1 atom stereocenters. The molecule has 1 amide bonds. The van der Waals surface area contributed by atoms with Gasteiger partial charge >= 0.3 is 0 Å². The molecule has 1 aromatic rings. The molecular weight excluding hydrogens is 198 g/mol. The van der Waals surface area contributed by atoms with Gasteiger partial charge in [-0.15, -0.1) is 5.10 Å². The molecule has 84 valence electrons. The third-order valence-electron chi connectivity index (χ3n) is 1.85. The van der Waals surface area contributed by atoms with Crippen LogP contribution in [0.1, 0.15) is 6.92 Å². The van der Waals surface area contributed by atoms with Crippen molar-refractivity contribution in [2.45, 2.75) is 19.6 Å². The first-order valence-corrected chi connectivity index (χ1v) is 4.56. The zero-order chi connectivity index (χ0) is 11.3. The number of nitrogens with one attached hydrogen (secondary N) is 1. The molecule has 1 rings (SSSR count). The summed E-state index contributed by atoms with van der Waals surface area (Å²) in [5.74, 6) is 0.0110. The predicted molar refractivity (Wildman–Crippen MR) is 53.9 cm³/mol. The van der Waals surface area contributed by atoms with Crippen molar-refractivity contribution < 1.29 is 9.53 Å². The lowest BCUT2D eigenvalue weighted by molar-refractivity contribution is -0.122. The topological polar surface area (TPSA) is 95.1 Å². The van der Waals surface area contributed by atoms with Crippen LogP contribution in [0, 0.1) is 0 Å². The van der Waals surface area contributed by atoms with Crippen molar-refractivity contribution in [1.82, 2.24) is 20.1 Å². The van der Waals surface area contributed by atoms with Crippen molar-refractivity contribution in [3.8, 4) is 0 Å². The van der Waals surface area contributed by atoms with Gasteiger partial charge in [-0.2, -0.15) is 0 Å². The van der Waals surface area contributed by atoms with Crippen LogP contribution in [0.25, 0.3) is 0 Å². The molecule has 0 fully saturated rings. The third kappa shape index (κ3) is 3.94. The highest BCUT2D eigenvalue weighted by Crippen LogP contribution is 1.89. The van der Waals surface area contributed by atoms with Crippen LogP contribution in [0.3, 0.4) is 0 Å². The van der Waals surface area contributed by atoms with E-state index in [1.807, 2.05) is 6.92 Å². The second-order valence-corrected chi connectivity index (χ2v) is 3.15. The van der Waals surface area contributed by atoms with Crippen LogP contribution in [0.5, 0.6) is 0 Å². The predicted octanol–water partition coefficient (Wildman–Crippen LogP) is -0.989. The van der Waals surface area contributed by atoms with E-state index in [-0.39, 0.29) is 24.5 Å². The van der Waals surface area contributed by atoms with Crippen molar-refractivity contribution >= 4 is 11.9 Å². The summed E-state index contributed by atoms with van der Waals surface area (Å²) in [6.07, 6.45) is 1.41. The van der Waals surface area contributed by atoms with Crippen LogP contribution >= 0.6 is 0 Å². The average molecular weight is 213 g/mol. The van der Waals surface area contributed by atoms with Crippen LogP contribution in [-0.2, 0) is 16.1 Å². The molecule has 15 heavy (non-hydrogen) atoms. The first kappa shape index (κ1) is 11.4. The van der Waals surface area contributed by atoms with E-state index >= 15 is 0 Å². The average Bonchev–Trinajstić information content (AvgIpc) is 2.60. The molecule has 1 unspecified atom stereocenters. The number of anilines is 1. The van der Waals surface area contributed by atoms with Gasteiger partial charge in [-0.1, -0.05) is 0 Å². The standard InChI is InChI=1S/C8H15N5O2/c1-6(15-2)3-10-7(14)4-13-5-11-8(9)12-13/h5-6H,3-4H2,1-2H3,(H2,9,12)(H,10,14). The van der Waals surface area contributed by atoms with Crippen molar-refractivity contribution in [2.24, 2.45) is 0 Å². The fourth-order valence-electron chi connectivity index (χ4n) is 0.929. The molecule has 0 spiro atoms. The molecule has 3 N–H and O–H groups in total. The first-order chi connectivity index (χ1) is 7.11. The van der Waals surface area contributed by atoms with E-state index in [0.29, 0.717) is 6.54 Å². The SMILES string of the molecule is COC(C)CNC(=O)Cn1cnc(N)n1. The monoisotopic (exact) mass is 213 g/mol. The summed E-state index contributed by atoms with van der Waals surface area (Å²) in [6.45, 7) is 2.45. The van der Waals surface area contributed by atoms with Gasteiger partial charge in [0.2, 0.25) is 11.9 Å². The molecule has 0 aliphatic carbocycles. The number of ether oxygens (including phenoxy) is 1. The number of nitrogen functional groups attached to an aromatic ring is 1. The summed E-state index contributed by atoms with van der Waals surface area (Å²) >= 11 is 0. The number of hydrogen-bond acceptors (Lipinski definition) is 5. The Morgan fingerprint density at radius 2 is 2.53 bits per heavy atom. The lowest BCUT2D eigenvalue weighted by atomic mass is 10.4. The van der Waals surface area contributed by atoms with Gasteiger partial charge in [0.15, 0.2) is 0 Å². The number of aromatic nitrogens is 3. The molecule has 7 nitrogen and oxygen atoms in total. The number of rotatable bonds is 5. The van der Waals surface area contributed by atoms with Gasteiger partial charge in [0.05, 0.1) is 6.10 Å². The molecule has 1 aromatic heterocycles. The number of nitrogens with two attached hydrogens (primary N) is 1. The van der Waals surface area contributed by atoms with Gasteiger partial charge < -0.3 is 15.8 Å². The van der Waals surface area contributed by atoms with Crippen molar-refractivity contribution in [1.29, 1.82) is 0 Å². The Labute approximate surface area is 87.6 Å². The van der Waals surface area contributed by atoms with Gasteiger partial charge in [0, 0.05) is 13.7 Å². The Morgan fingerprint density at radius 3 is 3.07 bits per heavy atom. The van der Waals surface area contributed by atoms with Gasteiger partial charge in [-0.3, -0.25) is 4.79 Å². The smallest absolute Gasteiger partial charge is 0.241 e. The maximum Gasteiger partial charge on any atom is 0.241 e. The molecule has 0 aromatic carbocycles. The quantitative estimate of drug-likeness (QED) is 0.655. The van der Waals surface area contributed by atoms with Crippen molar-refractivity contribution in [2.75, 3.05) is 19.4 Å². The molecule has 7 heteroatoms. The minimum atomic E-state index is -0.149. The van der Waals surface area contributed by atoms with Crippen LogP contribution in [0.2, 0.25) is 0 Å². The Kier molecular flexibility index (Phi) is 4.04. The Hall–Kier alpha value is -1.63. The maximum atomic E-state index is 11.3. The van der Waals surface area contributed by atoms with Crippen molar-refractivity contribution in [3.05, 3.63) is 6.33 Å². The second kappa shape index (κ2) is 5.30. The second-order valence-electron chi connectivity index (χ2n) is 3.15. The summed E-state index contributed by atoms with van der Waals surface area (Å²) in [6, 6.07) is 0. The number of carbonyl (C=O) groups is 1. The Balaban J connectivity index is 2.30. The normalized spacial score (nSPS) is 12.4. The number of nitrogens with zero attached hydrogens (tertiary/aromatic N) is 3. The zero-order valence-corrected chi connectivity index (χ0v) is 8.80. The molecule has 0 aliphatic heterocycles. The number of hydrogen-bond donors (Lipinski definition) is 2. The molecule has 0 radical (unpaired) electrons. The van der Waals surface area contributed by atoms with Gasteiger partial charge in [0.25, 0.3) is 0 Å². The molecule has 0 aliphatic rings. The van der Waals surface area contributed by atoms with Crippen LogP contribution in [-0.4, -0.2) is 40.4 Å². The van der Waals surface area contributed by atoms with Crippen molar-refractivity contribution in [3.63, 3.8) is 0 Å². The van der Waals surface area contributed by atoms with E-state index in [2.05, 4.69) is 15.4 Å². The van der Waals surface area contributed by atoms with Gasteiger partial charge in [-0.25, -0.2) is 9.67 Å². The number of methoxy groups -OCH3 is 1. The first-order valence-electron chi connectivity index (χ1n) is 4.56. The molecular formula is C8H15N5O2. The van der Waals surface area contributed by atoms with E-state index in [9.17, 15) is 4.79 Å². The minimum Gasteiger partial charge on any atom is -0.380 e. The molecule has 0 bridgehead atoms. The minimum absolute atomic E-state index is 0.00485.